The first-order valence-electron chi connectivity index (χ1n) is 33.3. The van der Waals surface area contributed by atoms with Gasteiger partial charge in [0, 0.05) is 105 Å². The van der Waals surface area contributed by atoms with Crippen LogP contribution in [0.1, 0.15) is 124 Å². The number of carbonyl (C=O) groups excluding carboxylic acids is 5. The van der Waals surface area contributed by atoms with Gasteiger partial charge in [-0.05, 0) is 137 Å². The van der Waals surface area contributed by atoms with Crippen LogP contribution in [0.15, 0.2) is 198 Å². The Morgan fingerprint density at radius 3 is 1.51 bits per heavy atom. The summed E-state index contributed by atoms with van der Waals surface area (Å²) in [5.41, 5.74) is 3.82. The highest BCUT2D eigenvalue weighted by atomic mass is 32.2. The Morgan fingerprint density at radius 1 is 0.615 bits per heavy atom. The summed E-state index contributed by atoms with van der Waals surface area (Å²) >= 11 is 3.35. The van der Waals surface area contributed by atoms with Crippen LogP contribution in [0.5, 0.6) is 0 Å². The standard InChI is InChI=1S/C23H30N2O2.C16H16O3.C15H21NO2S.C13H8OS.C10H14O2.C4H10/c1-4-23(24(2)3,18-19-8-6-5-7-9-19)22(26)20-10-12-21(13-11-20)25-14-16-27-17-15-25;1-18-16(19-2,14-11-7-4-8-12-14)15(17)13-9-5-3-6-10-13;1-15(2,16-8-10-18-11-9-16)14(17)12-4-6-13(19-3)7-5-12;14-13-9-5-1-3-7-11(9)15-12-8-4-2-6-10(12)13;1-9(2)6-4-5-10(9,3)8(12)7(6)11;1-4(2)3/h5-13H,4,14-18H2,1-3H3;3-12H,1-2H3;4-7H,8-11H2,1-3H3;1-8H;6H,4-5H2,1-3H3;4H,1-3H3. The quantitative estimate of drug-likeness (QED) is 0.0297. The molecule has 1 aromatic heterocycles. The van der Waals surface area contributed by atoms with Crippen molar-refractivity contribution in [1.82, 2.24) is 9.80 Å². The Labute approximate surface area is 577 Å². The predicted octanol–water partition coefficient (Wildman–Crippen LogP) is 16.0. The molecular weight excluding hydrogens is 1240 g/mol. The zero-order valence-electron chi connectivity index (χ0n) is 58.8. The zero-order valence-corrected chi connectivity index (χ0v) is 60.4. The van der Waals surface area contributed by atoms with Crippen molar-refractivity contribution >= 4 is 77.9 Å². The minimum Gasteiger partial charge on any atom is -0.379 e. The van der Waals surface area contributed by atoms with Crippen LogP contribution in [0.3, 0.4) is 0 Å². The van der Waals surface area contributed by atoms with Gasteiger partial charge in [0.15, 0.2) is 17.0 Å². The van der Waals surface area contributed by atoms with Crippen LogP contribution in [0.25, 0.3) is 20.2 Å². The molecule has 4 aliphatic rings. The largest absolute Gasteiger partial charge is 0.379 e. The molecule has 2 aliphatic heterocycles. The van der Waals surface area contributed by atoms with E-state index in [0.29, 0.717) is 30.8 Å². The lowest BCUT2D eigenvalue weighted by Gasteiger charge is -2.39. The number of methoxy groups -OCH3 is 2. The third-order valence-electron chi connectivity index (χ3n) is 19.2. The topological polar surface area (TPSA) is 149 Å². The molecule has 0 radical (unpaired) electrons. The summed E-state index contributed by atoms with van der Waals surface area (Å²) in [5.74, 6) is -0.644. The predicted molar refractivity (Wildman–Crippen MR) is 393 cm³/mol. The van der Waals surface area contributed by atoms with Gasteiger partial charge < -0.3 is 23.8 Å². The molecule has 3 unspecified atom stereocenters. The van der Waals surface area contributed by atoms with E-state index in [2.05, 4.69) is 66.7 Å². The minimum atomic E-state index is -1.40. The maximum Gasteiger partial charge on any atom is 0.260 e. The maximum absolute atomic E-state index is 13.6. The van der Waals surface area contributed by atoms with Gasteiger partial charge >= 0.3 is 0 Å². The van der Waals surface area contributed by atoms with Crippen molar-refractivity contribution in [2.24, 2.45) is 22.7 Å². The summed E-state index contributed by atoms with van der Waals surface area (Å²) in [6.07, 6.45) is 5.32. The number of Topliss-reactive ketones (excluding diaryl/α,β-unsaturated/α-hetero) is 5. The Hall–Kier alpha value is -7.31. The molecule has 0 spiro atoms. The Balaban J connectivity index is 0.000000170. The van der Waals surface area contributed by atoms with Crippen LogP contribution in [-0.2, 0) is 40.7 Å². The van der Waals surface area contributed by atoms with E-state index >= 15 is 0 Å². The normalized spacial score (nSPS) is 18.0. The summed E-state index contributed by atoms with van der Waals surface area (Å²) in [7, 11) is 6.95. The fourth-order valence-corrected chi connectivity index (χ4v) is 14.4. The van der Waals surface area contributed by atoms with Gasteiger partial charge in [0.05, 0.1) is 37.5 Å². The molecular formula is C81H99N3O10S2. The van der Waals surface area contributed by atoms with E-state index in [1.54, 1.807) is 35.2 Å². The number of fused-ring (bicyclic) bond motifs is 4. The van der Waals surface area contributed by atoms with Gasteiger partial charge in [-0.3, -0.25) is 38.6 Å². The van der Waals surface area contributed by atoms with Crippen LogP contribution < -0.4 is 10.3 Å². The lowest BCUT2D eigenvalue weighted by Crippen LogP contribution is -2.54. The van der Waals surface area contributed by atoms with Crippen LogP contribution in [0, 0.1) is 22.7 Å². The molecule has 2 saturated carbocycles. The molecule has 15 heteroatoms. The summed E-state index contributed by atoms with van der Waals surface area (Å²) in [4.78, 5) is 81.8. The highest BCUT2D eigenvalue weighted by Gasteiger charge is 2.66. The van der Waals surface area contributed by atoms with Crippen LogP contribution in [0.4, 0.5) is 5.69 Å². The van der Waals surface area contributed by atoms with E-state index in [4.69, 9.17) is 18.9 Å². The number of hydrogen-bond acceptors (Lipinski definition) is 15. The van der Waals surface area contributed by atoms with Crippen molar-refractivity contribution in [1.29, 1.82) is 0 Å². The number of thioether (sulfide) groups is 1. The van der Waals surface area contributed by atoms with Crippen molar-refractivity contribution in [2.45, 2.75) is 110 Å². The molecule has 3 heterocycles. The number of benzene rings is 7. The number of carbonyl (C=O) groups is 5. The summed E-state index contributed by atoms with van der Waals surface area (Å²) in [5, 5.41) is 1.64. The first-order chi connectivity index (χ1) is 45.9. The maximum atomic E-state index is 13.6. The van der Waals surface area contributed by atoms with Crippen LogP contribution in [-0.4, -0.2) is 137 Å². The lowest BCUT2D eigenvalue weighted by atomic mass is 9.70. The molecule has 0 N–H and O–H groups in total. The van der Waals surface area contributed by atoms with Gasteiger partial charge in [-0.2, -0.15) is 0 Å². The molecule has 2 saturated heterocycles. The van der Waals surface area contributed by atoms with E-state index in [1.165, 1.54) is 24.7 Å². The van der Waals surface area contributed by atoms with Gasteiger partial charge in [-0.25, -0.2) is 0 Å². The Kier molecular flexibility index (Phi) is 27.5. The number of likely N-dealkylation sites (N-methyl/N-ethyl adjacent to an activating group) is 1. The molecule has 13 nitrogen and oxygen atoms in total. The van der Waals surface area contributed by atoms with Gasteiger partial charge in [0.25, 0.3) is 5.79 Å². The fourth-order valence-electron chi connectivity index (χ4n) is 12.9. The molecule has 0 amide bonds. The average Bonchev–Trinajstić information content (AvgIpc) is 1.55. The van der Waals surface area contributed by atoms with Crippen molar-refractivity contribution < 1.29 is 42.9 Å². The van der Waals surface area contributed by atoms with E-state index in [1.807, 2.05) is 207 Å². The second-order valence-corrected chi connectivity index (χ2v) is 28.7. The van der Waals surface area contributed by atoms with Gasteiger partial charge in [-0.15, -0.1) is 23.1 Å². The van der Waals surface area contributed by atoms with Crippen molar-refractivity contribution in [3.05, 3.63) is 226 Å². The van der Waals surface area contributed by atoms with Gasteiger partial charge in [0.1, 0.15) is 0 Å². The van der Waals surface area contributed by atoms with E-state index in [-0.39, 0.29) is 51.1 Å². The van der Waals surface area contributed by atoms with Gasteiger partial charge in [-0.1, -0.05) is 176 Å². The van der Waals surface area contributed by atoms with Crippen LogP contribution in [0.2, 0.25) is 0 Å². The second-order valence-electron chi connectivity index (χ2n) is 26.7. The number of nitrogens with zero attached hydrogens (tertiary/aromatic N) is 3. The van der Waals surface area contributed by atoms with Crippen molar-refractivity contribution in [3.63, 3.8) is 0 Å². The fraction of sp³-hybridized carbons (Fsp3) is 0.407. The number of anilines is 1. The summed E-state index contributed by atoms with van der Waals surface area (Å²) in [6, 6.07) is 59.9. The molecule has 7 aromatic carbocycles. The zero-order chi connectivity index (χ0) is 69.8. The third-order valence-corrected chi connectivity index (χ3v) is 21.1. The molecule has 510 valence electrons. The molecule has 4 fully saturated rings. The molecule has 8 aromatic rings. The number of ether oxygens (including phenoxy) is 4. The average molecular weight is 1340 g/mol. The third kappa shape index (κ3) is 17.7. The van der Waals surface area contributed by atoms with Gasteiger partial charge in [0.2, 0.25) is 17.3 Å². The van der Waals surface area contributed by atoms with E-state index < -0.39 is 16.9 Å². The van der Waals surface area contributed by atoms with Crippen molar-refractivity contribution in [2.75, 3.05) is 92.1 Å². The minimum absolute atomic E-state index is 0.00926. The Morgan fingerprint density at radius 2 is 1.06 bits per heavy atom. The van der Waals surface area contributed by atoms with Crippen molar-refractivity contribution in [3.8, 4) is 0 Å². The van der Waals surface area contributed by atoms with Crippen LogP contribution >= 0.6 is 23.1 Å². The molecule has 3 atom stereocenters. The lowest BCUT2D eigenvalue weighted by molar-refractivity contribution is -0.176. The Bertz CT molecular complexity index is 3820. The second kappa shape index (κ2) is 34.8. The highest BCUT2D eigenvalue weighted by molar-refractivity contribution is 7.98. The summed E-state index contributed by atoms with van der Waals surface area (Å²) in [6.45, 7) is 25.0. The number of rotatable bonds is 16. The summed E-state index contributed by atoms with van der Waals surface area (Å²) < 4.78 is 23.7. The molecule has 2 aliphatic carbocycles. The molecule has 12 rings (SSSR count). The molecule has 2 bridgehead atoms. The van der Waals surface area contributed by atoms with E-state index in [9.17, 15) is 28.8 Å². The van der Waals surface area contributed by atoms with E-state index in [0.717, 1.165) is 102 Å². The number of morpholine rings is 2. The monoisotopic (exact) mass is 1340 g/mol. The first kappa shape index (κ1) is 76.1. The number of ketones is 5. The first-order valence-corrected chi connectivity index (χ1v) is 35.4. The number of hydrogen-bond donors (Lipinski definition) is 0. The SMILES string of the molecule is CC(C)C.CC12CCC(C(=O)C1=O)C2(C)C.CCC(Cc1ccccc1)(C(=O)c1ccc(N2CCOCC2)cc1)N(C)C.COC(OC)(C(=O)c1ccccc1)c1ccccc1.CSc1ccc(C(=O)C(C)(C)N2CCOCC2)cc1.O=c1c2ccccc2sc2ccccc12. The smallest absolute Gasteiger partial charge is 0.260 e. The highest BCUT2D eigenvalue weighted by Crippen LogP contribution is 2.62. The molecule has 96 heavy (non-hydrogen) atoms.